The van der Waals surface area contributed by atoms with Gasteiger partial charge in [0, 0.05) is 12.6 Å². The van der Waals surface area contributed by atoms with Gasteiger partial charge < -0.3 is 4.52 Å². The van der Waals surface area contributed by atoms with Crippen LogP contribution in [0.4, 0.5) is 0 Å². The van der Waals surface area contributed by atoms with Crippen molar-refractivity contribution in [2.24, 2.45) is 0 Å². The molecule has 0 aliphatic rings. The Morgan fingerprint density at radius 1 is 1.21 bits per heavy atom. The van der Waals surface area contributed by atoms with Crippen molar-refractivity contribution < 1.29 is 4.52 Å². The number of rotatable bonds is 3. The molecule has 0 saturated carbocycles. The summed E-state index contributed by atoms with van der Waals surface area (Å²) in [7, 11) is 0. The monoisotopic (exact) mass is 257 g/mol. The molecule has 0 atom stereocenters. The number of hydrogen-bond acceptors (Lipinski definition) is 3. The van der Waals surface area contributed by atoms with E-state index >= 15 is 0 Å². The molecule has 5 nitrogen and oxygen atoms in total. The Labute approximate surface area is 110 Å². The van der Waals surface area contributed by atoms with Crippen LogP contribution in [0.1, 0.15) is 18.4 Å². The van der Waals surface area contributed by atoms with Gasteiger partial charge in [-0.15, -0.1) is 0 Å². The predicted molar refractivity (Wildman–Crippen MR) is 72.2 cm³/mol. The third kappa shape index (κ3) is 1.87. The molecule has 0 unspecified atom stereocenters. The molecule has 19 heavy (non-hydrogen) atoms. The molecule has 1 aromatic carbocycles. The molecular formula is C14H15N3O2. The van der Waals surface area contributed by atoms with E-state index in [1.807, 2.05) is 44.2 Å². The Morgan fingerprint density at radius 2 is 1.89 bits per heavy atom. The van der Waals surface area contributed by atoms with Crippen LogP contribution < -0.4 is 5.69 Å². The van der Waals surface area contributed by atoms with Crippen molar-refractivity contribution in [1.82, 2.24) is 14.3 Å². The number of aryl methyl sites for hydroxylation is 2. The number of para-hydroxylation sites is 2. The normalized spacial score (nSPS) is 11.3. The highest BCUT2D eigenvalue weighted by Gasteiger charge is 2.13. The van der Waals surface area contributed by atoms with Gasteiger partial charge in [-0.25, -0.2) is 4.79 Å². The molecule has 0 N–H and O–H groups in total. The number of fused-ring (bicyclic) bond motifs is 1. The lowest BCUT2D eigenvalue weighted by atomic mass is 10.3. The molecule has 0 amide bonds. The summed E-state index contributed by atoms with van der Waals surface area (Å²) < 4.78 is 8.55. The maximum atomic E-state index is 12.4. The molecule has 0 radical (unpaired) electrons. The summed E-state index contributed by atoms with van der Waals surface area (Å²) in [5, 5.41) is 3.95. The van der Waals surface area contributed by atoms with Gasteiger partial charge in [0.15, 0.2) is 0 Å². The zero-order valence-corrected chi connectivity index (χ0v) is 11.0. The van der Waals surface area contributed by atoms with E-state index in [1.165, 1.54) is 0 Å². The highest BCUT2D eigenvalue weighted by molar-refractivity contribution is 5.76. The van der Waals surface area contributed by atoms with Crippen LogP contribution in [-0.4, -0.2) is 14.3 Å². The van der Waals surface area contributed by atoms with Crippen LogP contribution in [0.3, 0.4) is 0 Å². The maximum absolute atomic E-state index is 12.4. The summed E-state index contributed by atoms with van der Waals surface area (Å²) in [5.41, 5.74) is 2.63. The standard InChI is InChI=1S/C14H15N3O2/c1-3-16-12-6-4-5-7-13(12)17(14(16)18)9-11-8-10(2)19-15-11/h4-8H,3,9H2,1-2H3. The molecule has 0 aliphatic heterocycles. The second-order valence-corrected chi connectivity index (χ2v) is 4.53. The van der Waals surface area contributed by atoms with Gasteiger partial charge in [0.2, 0.25) is 0 Å². The summed E-state index contributed by atoms with van der Waals surface area (Å²) in [6, 6.07) is 9.65. The molecule has 98 valence electrons. The summed E-state index contributed by atoms with van der Waals surface area (Å²) in [4.78, 5) is 12.4. The fourth-order valence-electron chi connectivity index (χ4n) is 2.39. The van der Waals surface area contributed by atoms with E-state index in [1.54, 1.807) is 9.13 Å². The molecule has 0 spiro atoms. The molecular weight excluding hydrogens is 242 g/mol. The van der Waals surface area contributed by atoms with E-state index in [-0.39, 0.29) is 5.69 Å². The fourth-order valence-corrected chi connectivity index (χ4v) is 2.39. The van der Waals surface area contributed by atoms with Crippen molar-refractivity contribution in [1.29, 1.82) is 0 Å². The third-order valence-electron chi connectivity index (χ3n) is 3.24. The Kier molecular flexibility index (Phi) is 2.74. The number of imidazole rings is 1. The van der Waals surface area contributed by atoms with Crippen molar-refractivity contribution in [3.63, 3.8) is 0 Å². The lowest BCUT2D eigenvalue weighted by Gasteiger charge is -1.98. The highest BCUT2D eigenvalue weighted by atomic mass is 16.5. The minimum absolute atomic E-state index is 0.00986. The second kappa shape index (κ2) is 4.42. The van der Waals surface area contributed by atoms with Crippen molar-refractivity contribution in [2.75, 3.05) is 0 Å². The molecule has 0 fully saturated rings. The van der Waals surface area contributed by atoms with Gasteiger partial charge in [-0.05, 0) is 26.0 Å². The molecule has 2 aromatic heterocycles. The number of nitrogens with zero attached hydrogens (tertiary/aromatic N) is 3. The van der Waals surface area contributed by atoms with E-state index in [0.717, 1.165) is 22.5 Å². The Hall–Kier alpha value is -2.30. The van der Waals surface area contributed by atoms with Gasteiger partial charge in [-0.3, -0.25) is 9.13 Å². The SMILES string of the molecule is CCn1c(=O)n(Cc2cc(C)on2)c2ccccc21. The van der Waals surface area contributed by atoms with Crippen molar-refractivity contribution >= 4 is 11.0 Å². The van der Waals surface area contributed by atoms with Gasteiger partial charge in [0.25, 0.3) is 0 Å². The molecule has 5 heteroatoms. The van der Waals surface area contributed by atoms with Crippen LogP contribution in [0.2, 0.25) is 0 Å². The number of hydrogen-bond donors (Lipinski definition) is 0. The maximum Gasteiger partial charge on any atom is 0.329 e. The Balaban J connectivity index is 2.18. The zero-order valence-electron chi connectivity index (χ0n) is 11.0. The lowest BCUT2D eigenvalue weighted by Crippen LogP contribution is -2.24. The fraction of sp³-hybridized carbons (Fsp3) is 0.286. The highest BCUT2D eigenvalue weighted by Crippen LogP contribution is 2.14. The summed E-state index contributed by atoms with van der Waals surface area (Å²) >= 11 is 0. The number of aromatic nitrogens is 3. The van der Waals surface area contributed by atoms with Crippen LogP contribution in [0.5, 0.6) is 0 Å². The minimum Gasteiger partial charge on any atom is -0.361 e. The molecule has 0 bridgehead atoms. The minimum atomic E-state index is -0.00986. The summed E-state index contributed by atoms with van der Waals surface area (Å²) in [6.07, 6.45) is 0. The van der Waals surface area contributed by atoms with E-state index in [4.69, 9.17) is 4.52 Å². The van der Waals surface area contributed by atoms with Crippen LogP contribution in [0, 0.1) is 6.92 Å². The van der Waals surface area contributed by atoms with Crippen molar-refractivity contribution in [3.05, 3.63) is 52.3 Å². The third-order valence-corrected chi connectivity index (χ3v) is 3.24. The number of benzene rings is 1. The van der Waals surface area contributed by atoms with E-state index in [9.17, 15) is 4.79 Å². The van der Waals surface area contributed by atoms with E-state index in [2.05, 4.69) is 5.16 Å². The lowest BCUT2D eigenvalue weighted by molar-refractivity contribution is 0.389. The zero-order chi connectivity index (χ0) is 13.4. The molecule has 0 aliphatic carbocycles. The Morgan fingerprint density at radius 3 is 2.47 bits per heavy atom. The molecule has 3 rings (SSSR count). The van der Waals surface area contributed by atoms with Crippen molar-refractivity contribution in [2.45, 2.75) is 26.9 Å². The Bertz CT molecular complexity index is 779. The molecule has 3 aromatic rings. The van der Waals surface area contributed by atoms with E-state index < -0.39 is 0 Å². The van der Waals surface area contributed by atoms with E-state index in [0.29, 0.717) is 13.1 Å². The predicted octanol–water partition coefficient (Wildman–Crippen LogP) is 2.17. The van der Waals surface area contributed by atoms with Crippen LogP contribution in [0.15, 0.2) is 39.6 Å². The largest absolute Gasteiger partial charge is 0.361 e. The first-order valence-corrected chi connectivity index (χ1v) is 6.31. The second-order valence-electron chi connectivity index (χ2n) is 4.53. The van der Waals surface area contributed by atoms with Gasteiger partial charge in [-0.2, -0.15) is 0 Å². The topological polar surface area (TPSA) is 53.0 Å². The van der Waals surface area contributed by atoms with Gasteiger partial charge in [0.05, 0.1) is 17.6 Å². The van der Waals surface area contributed by atoms with Gasteiger partial charge in [0.1, 0.15) is 11.5 Å². The van der Waals surface area contributed by atoms with Crippen molar-refractivity contribution in [3.8, 4) is 0 Å². The van der Waals surface area contributed by atoms with Gasteiger partial charge >= 0.3 is 5.69 Å². The first-order chi connectivity index (χ1) is 9.20. The van der Waals surface area contributed by atoms with Gasteiger partial charge in [-0.1, -0.05) is 17.3 Å². The molecule has 0 saturated heterocycles. The van der Waals surface area contributed by atoms with Crippen LogP contribution >= 0.6 is 0 Å². The smallest absolute Gasteiger partial charge is 0.329 e. The van der Waals surface area contributed by atoms with Crippen LogP contribution in [-0.2, 0) is 13.1 Å². The summed E-state index contributed by atoms with van der Waals surface area (Å²) in [6.45, 7) is 4.90. The van der Waals surface area contributed by atoms with Crippen LogP contribution in [0.25, 0.3) is 11.0 Å². The quantitative estimate of drug-likeness (QED) is 0.722. The average Bonchev–Trinajstić information content (AvgIpc) is 2.93. The first kappa shape index (κ1) is 11.8. The first-order valence-electron chi connectivity index (χ1n) is 6.31. The summed E-state index contributed by atoms with van der Waals surface area (Å²) in [5.74, 6) is 0.752. The molecule has 2 heterocycles. The average molecular weight is 257 g/mol.